The van der Waals surface area contributed by atoms with E-state index in [2.05, 4.69) is 9.97 Å². The predicted octanol–water partition coefficient (Wildman–Crippen LogP) is 5.06. The predicted molar refractivity (Wildman–Crippen MR) is 110 cm³/mol. The van der Waals surface area contributed by atoms with Crippen LogP contribution in [0.3, 0.4) is 0 Å². The number of phenols is 1. The van der Waals surface area contributed by atoms with Gasteiger partial charge in [0.15, 0.2) is 5.78 Å². The van der Waals surface area contributed by atoms with Crippen LogP contribution in [0.25, 0.3) is 21.3 Å². The Morgan fingerprint density at radius 3 is 2.57 bits per heavy atom. The number of carbonyl (C=O) groups excluding carboxylic acids is 1. The zero-order chi connectivity index (χ0) is 19.7. The first-order valence-electron chi connectivity index (χ1n) is 8.79. The number of aromatic nitrogens is 2. The number of rotatable bonds is 5. The Bertz CT molecular complexity index is 1150. The van der Waals surface area contributed by atoms with Crippen molar-refractivity contribution in [1.29, 1.82) is 0 Å². The molecule has 0 bridgehead atoms. The molecule has 140 valence electrons. The van der Waals surface area contributed by atoms with E-state index in [4.69, 9.17) is 4.74 Å². The third-order valence-electron chi connectivity index (χ3n) is 4.77. The molecule has 0 aliphatic carbocycles. The SMILES string of the molecule is COc1ccc(-c2csc3ncnc([C@H](C)C(=O)c4ccccc4O)c23)cc1. The number of ketones is 1. The van der Waals surface area contributed by atoms with E-state index in [0.29, 0.717) is 11.3 Å². The standard InChI is InChI=1S/C22H18N2O3S/c1-13(21(26)16-5-3-4-6-18(16)25)20-19-17(11-28-22(19)24-12-23-20)14-7-9-15(27-2)10-8-14/h3-13,25H,1-2H3/t13-/m0/s1. The van der Waals surface area contributed by atoms with Crippen LogP contribution in [0.2, 0.25) is 0 Å². The van der Waals surface area contributed by atoms with Crippen molar-refractivity contribution in [3.05, 3.63) is 71.5 Å². The fraction of sp³-hybridized carbons (Fsp3) is 0.136. The normalized spacial score (nSPS) is 12.1. The van der Waals surface area contributed by atoms with Crippen molar-refractivity contribution in [2.75, 3.05) is 7.11 Å². The molecular formula is C22H18N2O3S. The number of fused-ring (bicyclic) bond motifs is 1. The lowest BCUT2D eigenvalue weighted by atomic mass is 9.92. The molecule has 2 aromatic heterocycles. The van der Waals surface area contributed by atoms with Crippen molar-refractivity contribution in [3.63, 3.8) is 0 Å². The molecule has 2 heterocycles. The molecule has 0 unspecified atom stereocenters. The zero-order valence-electron chi connectivity index (χ0n) is 15.4. The Hall–Kier alpha value is -3.25. The number of Topliss-reactive ketones (excluding diaryl/α,β-unsaturated/α-hetero) is 1. The van der Waals surface area contributed by atoms with Gasteiger partial charge in [-0.1, -0.05) is 24.3 Å². The summed E-state index contributed by atoms with van der Waals surface area (Å²) in [7, 11) is 1.63. The van der Waals surface area contributed by atoms with Crippen LogP contribution < -0.4 is 4.74 Å². The molecule has 0 fully saturated rings. The van der Waals surface area contributed by atoms with Crippen molar-refractivity contribution in [2.24, 2.45) is 0 Å². The molecule has 1 atom stereocenters. The number of methoxy groups -OCH3 is 1. The van der Waals surface area contributed by atoms with Crippen molar-refractivity contribution in [3.8, 4) is 22.6 Å². The molecule has 0 saturated heterocycles. The molecule has 28 heavy (non-hydrogen) atoms. The lowest BCUT2D eigenvalue weighted by molar-refractivity contribution is 0.0962. The van der Waals surface area contributed by atoms with Crippen molar-refractivity contribution in [2.45, 2.75) is 12.8 Å². The van der Waals surface area contributed by atoms with E-state index in [0.717, 1.165) is 27.1 Å². The molecule has 4 aromatic rings. The summed E-state index contributed by atoms with van der Waals surface area (Å²) < 4.78 is 5.24. The minimum Gasteiger partial charge on any atom is -0.507 e. The van der Waals surface area contributed by atoms with Gasteiger partial charge in [0.2, 0.25) is 0 Å². The van der Waals surface area contributed by atoms with Gasteiger partial charge < -0.3 is 9.84 Å². The summed E-state index contributed by atoms with van der Waals surface area (Å²) in [6.07, 6.45) is 1.49. The van der Waals surface area contributed by atoms with Gasteiger partial charge in [-0.15, -0.1) is 11.3 Å². The average Bonchev–Trinajstić information content (AvgIpc) is 3.17. The topological polar surface area (TPSA) is 72.3 Å². The smallest absolute Gasteiger partial charge is 0.175 e. The third-order valence-corrected chi connectivity index (χ3v) is 5.66. The van der Waals surface area contributed by atoms with Gasteiger partial charge in [0.1, 0.15) is 22.7 Å². The maximum atomic E-state index is 13.0. The molecule has 0 aliphatic heterocycles. The Labute approximate surface area is 166 Å². The third kappa shape index (κ3) is 3.12. The van der Waals surface area contributed by atoms with Gasteiger partial charge in [0, 0.05) is 16.3 Å². The van der Waals surface area contributed by atoms with E-state index in [-0.39, 0.29) is 11.5 Å². The zero-order valence-corrected chi connectivity index (χ0v) is 16.2. The summed E-state index contributed by atoms with van der Waals surface area (Å²) in [5.41, 5.74) is 2.94. The monoisotopic (exact) mass is 390 g/mol. The van der Waals surface area contributed by atoms with Crippen LogP contribution in [0, 0.1) is 0 Å². The van der Waals surface area contributed by atoms with E-state index in [1.165, 1.54) is 23.7 Å². The number of carbonyl (C=O) groups is 1. The molecule has 2 aromatic carbocycles. The number of thiophene rings is 1. The first-order chi connectivity index (χ1) is 13.6. The number of para-hydroxylation sites is 1. The molecule has 0 saturated carbocycles. The van der Waals surface area contributed by atoms with Gasteiger partial charge >= 0.3 is 0 Å². The van der Waals surface area contributed by atoms with Gasteiger partial charge in [-0.3, -0.25) is 4.79 Å². The first-order valence-corrected chi connectivity index (χ1v) is 9.67. The summed E-state index contributed by atoms with van der Waals surface area (Å²) in [6.45, 7) is 1.81. The molecule has 1 N–H and O–H groups in total. The fourth-order valence-electron chi connectivity index (χ4n) is 3.25. The van der Waals surface area contributed by atoms with Crippen molar-refractivity contribution >= 4 is 27.3 Å². The fourth-order valence-corrected chi connectivity index (χ4v) is 4.17. The number of aromatic hydroxyl groups is 1. The van der Waals surface area contributed by atoms with Crippen molar-refractivity contribution < 1.29 is 14.6 Å². The molecular weight excluding hydrogens is 372 g/mol. The Morgan fingerprint density at radius 2 is 1.86 bits per heavy atom. The minimum absolute atomic E-state index is 0.0228. The van der Waals surface area contributed by atoms with Crippen LogP contribution >= 0.6 is 11.3 Å². The molecule has 0 spiro atoms. The Kier molecular flexibility index (Phi) is 4.79. The lowest BCUT2D eigenvalue weighted by Gasteiger charge is -2.13. The highest BCUT2D eigenvalue weighted by atomic mass is 32.1. The van der Waals surface area contributed by atoms with Gasteiger partial charge in [-0.05, 0) is 36.8 Å². The van der Waals surface area contributed by atoms with Crippen LogP contribution in [-0.2, 0) is 0 Å². The van der Waals surface area contributed by atoms with Crippen LogP contribution in [0.4, 0.5) is 0 Å². The second-order valence-electron chi connectivity index (χ2n) is 6.42. The van der Waals surface area contributed by atoms with E-state index in [1.807, 2.05) is 36.6 Å². The highest BCUT2D eigenvalue weighted by molar-refractivity contribution is 7.17. The largest absolute Gasteiger partial charge is 0.507 e. The quantitative estimate of drug-likeness (QED) is 0.482. The molecule has 0 aliphatic rings. The van der Waals surface area contributed by atoms with Gasteiger partial charge in [-0.25, -0.2) is 9.97 Å². The second kappa shape index (κ2) is 7.40. The first kappa shape index (κ1) is 18.1. The number of phenolic OH excluding ortho intramolecular Hbond substituents is 1. The molecule has 4 rings (SSSR count). The van der Waals surface area contributed by atoms with Crippen molar-refractivity contribution in [1.82, 2.24) is 9.97 Å². The number of ether oxygens (including phenoxy) is 1. The number of nitrogens with zero attached hydrogens (tertiary/aromatic N) is 2. The maximum Gasteiger partial charge on any atom is 0.175 e. The lowest BCUT2D eigenvalue weighted by Crippen LogP contribution is -2.12. The Balaban J connectivity index is 1.82. The second-order valence-corrected chi connectivity index (χ2v) is 7.28. The van der Waals surface area contributed by atoms with E-state index >= 15 is 0 Å². The molecule has 6 heteroatoms. The maximum absolute atomic E-state index is 13.0. The summed E-state index contributed by atoms with van der Waals surface area (Å²) >= 11 is 1.52. The van der Waals surface area contributed by atoms with Gasteiger partial charge in [-0.2, -0.15) is 0 Å². The summed E-state index contributed by atoms with van der Waals surface area (Å²) in [5, 5.41) is 13.0. The Morgan fingerprint density at radius 1 is 1.11 bits per heavy atom. The van der Waals surface area contributed by atoms with Crippen LogP contribution in [0.5, 0.6) is 11.5 Å². The molecule has 0 radical (unpaired) electrons. The minimum atomic E-state index is -0.523. The highest BCUT2D eigenvalue weighted by Gasteiger charge is 2.25. The van der Waals surface area contributed by atoms with Gasteiger partial charge in [0.05, 0.1) is 24.3 Å². The van der Waals surface area contributed by atoms with Crippen LogP contribution in [0.15, 0.2) is 60.2 Å². The number of benzene rings is 2. The van der Waals surface area contributed by atoms with Crippen LogP contribution in [0.1, 0.15) is 28.9 Å². The summed E-state index contributed by atoms with van der Waals surface area (Å²) in [4.78, 5) is 22.7. The van der Waals surface area contributed by atoms with Gasteiger partial charge in [0.25, 0.3) is 0 Å². The highest BCUT2D eigenvalue weighted by Crippen LogP contribution is 2.38. The van der Waals surface area contributed by atoms with Crippen LogP contribution in [-0.4, -0.2) is 28.0 Å². The molecule has 5 nitrogen and oxygen atoms in total. The van der Waals surface area contributed by atoms with E-state index in [9.17, 15) is 9.90 Å². The van der Waals surface area contributed by atoms with E-state index in [1.54, 1.807) is 25.3 Å². The summed E-state index contributed by atoms with van der Waals surface area (Å²) in [6, 6.07) is 14.3. The summed E-state index contributed by atoms with van der Waals surface area (Å²) in [5.74, 6) is 0.0589. The number of hydrogen-bond acceptors (Lipinski definition) is 6. The average molecular weight is 390 g/mol. The van der Waals surface area contributed by atoms with E-state index < -0.39 is 5.92 Å². The molecule has 0 amide bonds. The number of hydrogen-bond donors (Lipinski definition) is 1.